The monoisotopic (exact) mass is 231 g/mol. The number of anilines is 2. The first-order valence-corrected chi connectivity index (χ1v) is 5.80. The number of aromatic nitrogens is 1. The van der Waals surface area contributed by atoms with Crippen LogP contribution < -0.4 is 11.1 Å². The molecule has 4 N–H and O–H groups in total. The first-order chi connectivity index (χ1) is 8.33. The Morgan fingerprint density at radius 2 is 2.06 bits per heavy atom. The van der Waals surface area contributed by atoms with Crippen LogP contribution in [-0.4, -0.2) is 23.2 Å². The Labute approximate surface area is 100 Å². The van der Waals surface area contributed by atoms with Crippen molar-refractivity contribution in [2.24, 2.45) is 0 Å². The van der Waals surface area contributed by atoms with Gasteiger partial charge in [0.05, 0.1) is 0 Å². The van der Waals surface area contributed by atoms with Gasteiger partial charge in [-0.25, -0.2) is 0 Å². The molecule has 0 aliphatic heterocycles. The molecule has 0 saturated heterocycles. The molecule has 2 aromatic rings. The lowest BCUT2D eigenvalue weighted by atomic mass is 10.1. The van der Waals surface area contributed by atoms with Gasteiger partial charge in [-0.2, -0.15) is 0 Å². The lowest BCUT2D eigenvalue weighted by Gasteiger charge is -2.10. The Morgan fingerprint density at radius 3 is 2.88 bits per heavy atom. The van der Waals surface area contributed by atoms with E-state index in [1.807, 2.05) is 18.2 Å². The molecular weight excluding hydrogens is 214 g/mol. The van der Waals surface area contributed by atoms with Gasteiger partial charge in [0.25, 0.3) is 0 Å². The van der Waals surface area contributed by atoms with Crippen LogP contribution in [0.1, 0.15) is 12.8 Å². The zero-order chi connectivity index (χ0) is 12.1. The van der Waals surface area contributed by atoms with E-state index in [0.717, 1.165) is 41.5 Å². The molecule has 0 saturated carbocycles. The quantitative estimate of drug-likeness (QED) is 0.543. The number of hydrogen-bond acceptors (Lipinski definition) is 4. The molecule has 1 aromatic carbocycles. The molecule has 0 bridgehead atoms. The molecule has 90 valence electrons. The van der Waals surface area contributed by atoms with E-state index < -0.39 is 0 Å². The number of nitrogens with two attached hydrogens (primary N) is 1. The number of hydrogen-bond donors (Lipinski definition) is 3. The molecule has 0 fully saturated rings. The van der Waals surface area contributed by atoms with E-state index in [1.165, 1.54) is 0 Å². The second kappa shape index (κ2) is 5.50. The predicted octanol–water partition coefficient (Wildman–Crippen LogP) is 2.00. The van der Waals surface area contributed by atoms with Gasteiger partial charge < -0.3 is 16.2 Å². The van der Waals surface area contributed by atoms with Gasteiger partial charge in [-0.15, -0.1) is 0 Å². The van der Waals surface area contributed by atoms with Crippen LogP contribution in [0.2, 0.25) is 0 Å². The number of pyridine rings is 1. The average molecular weight is 231 g/mol. The highest BCUT2D eigenvalue weighted by Crippen LogP contribution is 2.27. The summed E-state index contributed by atoms with van der Waals surface area (Å²) in [6, 6.07) is 5.83. The van der Waals surface area contributed by atoms with Crippen LogP contribution in [-0.2, 0) is 0 Å². The Kier molecular flexibility index (Phi) is 3.77. The van der Waals surface area contributed by atoms with E-state index in [2.05, 4.69) is 10.3 Å². The Bertz CT molecular complexity index is 499. The van der Waals surface area contributed by atoms with E-state index >= 15 is 0 Å². The van der Waals surface area contributed by atoms with Gasteiger partial charge in [0.15, 0.2) is 0 Å². The van der Waals surface area contributed by atoms with Crippen LogP contribution in [0, 0.1) is 0 Å². The maximum absolute atomic E-state index is 8.72. The van der Waals surface area contributed by atoms with Crippen molar-refractivity contribution in [3.63, 3.8) is 0 Å². The van der Waals surface area contributed by atoms with Gasteiger partial charge in [0.1, 0.15) is 0 Å². The number of aliphatic hydroxyl groups excluding tert-OH is 1. The van der Waals surface area contributed by atoms with Crippen LogP contribution in [0.25, 0.3) is 10.8 Å². The molecule has 0 spiro atoms. The summed E-state index contributed by atoms with van der Waals surface area (Å²) < 4.78 is 0. The molecular formula is C13H17N3O. The van der Waals surface area contributed by atoms with Crippen molar-refractivity contribution in [2.45, 2.75) is 12.8 Å². The third-order valence-corrected chi connectivity index (χ3v) is 2.75. The zero-order valence-electron chi connectivity index (χ0n) is 9.69. The SMILES string of the molecule is Nc1ccc(NCCCCO)c2ccncc12. The fourth-order valence-corrected chi connectivity index (χ4v) is 1.83. The number of rotatable bonds is 5. The molecule has 1 heterocycles. The Hall–Kier alpha value is -1.81. The lowest BCUT2D eigenvalue weighted by Crippen LogP contribution is -2.03. The second-order valence-electron chi connectivity index (χ2n) is 3.98. The van der Waals surface area contributed by atoms with E-state index in [4.69, 9.17) is 10.8 Å². The minimum Gasteiger partial charge on any atom is -0.398 e. The van der Waals surface area contributed by atoms with Crippen LogP contribution in [0.5, 0.6) is 0 Å². The smallest absolute Gasteiger partial charge is 0.0431 e. The zero-order valence-corrected chi connectivity index (χ0v) is 9.69. The van der Waals surface area contributed by atoms with Gasteiger partial charge in [0, 0.05) is 47.7 Å². The van der Waals surface area contributed by atoms with E-state index in [1.54, 1.807) is 12.4 Å². The van der Waals surface area contributed by atoms with Crippen molar-refractivity contribution in [2.75, 3.05) is 24.2 Å². The molecule has 4 nitrogen and oxygen atoms in total. The highest BCUT2D eigenvalue weighted by molar-refractivity contribution is 6.00. The molecule has 2 rings (SSSR count). The summed E-state index contributed by atoms with van der Waals surface area (Å²) in [5, 5.41) is 14.1. The number of nitrogen functional groups attached to an aromatic ring is 1. The van der Waals surface area contributed by atoms with Crippen LogP contribution in [0.4, 0.5) is 11.4 Å². The van der Waals surface area contributed by atoms with Crippen molar-refractivity contribution in [3.8, 4) is 0 Å². The number of fused-ring (bicyclic) bond motifs is 1. The summed E-state index contributed by atoms with van der Waals surface area (Å²) >= 11 is 0. The van der Waals surface area contributed by atoms with Crippen molar-refractivity contribution in [1.29, 1.82) is 0 Å². The molecule has 17 heavy (non-hydrogen) atoms. The topological polar surface area (TPSA) is 71.2 Å². The van der Waals surface area contributed by atoms with Crippen LogP contribution in [0.15, 0.2) is 30.6 Å². The maximum atomic E-state index is 8.72. The summed E-state index contributed by atoms with van der Waals surface area (Å²) in [5.74, 6) is 0. The molecule has 4 heteroatoms. The first-order valence-electron chi connectivity index (χ1n) is 5.80. The Morgan fingerprint density at radius 1 is 1.18 bits per heavy atom. The number of nitrogens with one attached hydrogen (secondary N) is 1. The minimum atomic E-state index is 0.244. The summed E-state index contributed by atoms with van der Waals surface area (Å²) in [7, 11) is 0. The molecule has 0 aliphatic rings. The molecule has 0 atom stereocenters. The van der Waals surface area contributed by atoms with Crippen molar-refractivity contribution < 1.29 is 5.11 Å². The number of nitrogens with zero attached hydrogens (tertiary/aromatic N) is 1. The van der Waals surface area contributed by atoms with Crippen molar-refractivity contribution >= 4 is 22.1 Å². The number of aliphatic hydroxyl groups is 1. The van der Waals surface area contributed by atoms with Gasteiger partial charge >= 0.3 is 0 Å². The van der Waals surface area contributed by atoms with Crippen LogP contribution in [0.3, 0.4) is 0 Å². The summed E-state index contributed by atoms with van der Waals surface area (Å²) in [6.07, 6.45) is 5.32. The minimum absolute atomic E-state index is 0.244. The van der Waals surface area contributed by atoms with Crippen molar-refractivity contribution in [3.05, 3.63) is 30.6 Å². The average Bonchev–Trinajstić information content (AvgIpc) is 2.37. The third kappa shape index (κ3) is 2.65. The normalized spacial score (nSPS) is 10.6. The molecule has 0 aliphatic carbocycles. The summed E-state index contributed by atoms with van der Waals surface area (Å²) in [6.45, 7) is 1.09. The van der Waals surface area contributed by atoms with Gasteiger partial charge in [-0.3, -0.25) is 4.98 Å². The maximum Gasteiger partial charge on any atom is 0.0431 e. The largest absolute Gasteiger partial charge is 0.398 e. The predicted molar refractivity (Wildman–Crippen MR) is 71.0 cm³/mol. The van der Waals surface area contributed by atoms with Gasteiger partial charge in [-0.1, -0.05) is 0 Å². The third-order valence-electron chi connectivity index (χ3n) is 2.75. The number of benzene rings is 1. The van der Waals surface area contributed by atoms with E-state index in [0.29, 0.717) is 0 Å². The van der Waals surface area contributed by atoms with Crippen molar-refractivity contribution in [1.82, 2.24) is 4.98 Å². The first kappa shape index (κ1) is 11.7. The standard InChI is InChI=1S/C13H17N3O/c14-12-3-4-13(16-6-1-2-8-17)10-5-7-15-9-11(10)12/h3-5,7,9,16-17H,1-2,6,8,14H2. The highest BCUT2D eigenvalue weighted by atomic mass is 16.2. The van der Waals surface area contributed by atoms with E-state index in [9.17, 15) is 0 Å². The molecule has 0 unspecified atom stereocenters. The van der Waals surface area contributed by atoms with Gasteiger partial charge in [-0.05, 0) is 31.0 Å². The summed E-state index contributed by atoms with van der Waals surface area (Å²) in [4.78, 5) is 4.08. The van der Waals surface area contributed by atoms with Gasteiger partial charge in [0.2, 0.25) is 0 Å². The fourth-order valence-electron chi connectivity index (χ4n) is 1.83. The summed E-state index contributed by atoms with van der Waals surface area (Å²) in [5.41, 5.74) is 7.71. The fraction of sp³-hybridized carbons (Fsp3) is 0.308. The second-order valence-corrected chi connectivity index (χ2v) is 3.98. The van der Waals surface area contributed by atoms with E-state index in [-0.39, 0.29) is 6.61 Å². The molecule has 0 radical (unpaired) electrons. The Balaban J connectivity index is 2.20. The van der Waals surface area contributed by atoms with Crippen LogP contribution >= 0.6 is 0 Å². The highest BCUT2D eigenvalue weighted by Gasteiger charge is 2.03. The number of unbranched alkanes of at least 4 members (excludes halogenated alkanes) is 1. The lowest BCUT2D eigenvalue weighted by molar-refractivity contribution is 0.286. The molecule has 1 aromatic heterocycles. The molecule has 0 amide bonds.